The zero-order chi connectivity index (χ0) is 14.1. The molecule has 0 saturated carbocycles. The van der Waals surface area contributed by atoms with Crippen molar-refractivity contribution in [1.82, 2.24) is 14.3 Å². The third kappa shape index (κ3) is 3.02. The van der Waals surface area contributed by atoms with Gasteiger partial charge in [0.05, 0.1) is 12.1 Å². The lowest BCUT2D eigenvalue weighted by Crippen LogP contribution is -2.36. The highest BCUT2D eigenvalue weighted by molar-refractivity contribution is 4.96. The van der Waals surface area contributed by atoms with Crippen LogP contribution in [0.1, 0.15) is 59.3 Å². The molecule has 0 spiro atoms. The second-order valence-electron chi connectivity index (χ2n) is 5.88. The lowest BCUT2D eigenvalue weighted by atomic mass is 10.1. The Morgan fingerprint density at radius 1 is 1.28 bits per heavy atom. The van der Waals surface area contributed by atoms with Crippen molar-refractivity contribution in [1.29, 1.82) is 0 Å². The Labute approximate surface area is 109 Å². The van der Waals surface area contributed by atoms with Crippen LogP contribution in [0, 0.1) is 0 Å². The molecular weight excluding hydrogens is 230 g/mol. The summed E-state index contributed by atoms with van der Waals surface area (Å²) in [5, 5.41) is 4.45. The van der Waals surface area contributed by atoms with E-state index in [0.717, 1.165) is 5.82 Å². The van der Waals surface area contributed by atoms with Crippen molar-refractivity contribution in [3.63, 3.8) is 0 Å². The van der Waals surface area contributed by atoms with Gasteiger partial charge in [0.15, 0.2) is 0 Å². The molecule has 0 unspecified atom stereocenters. The summed E-state index contributed by atoms with van der Waals surface area (Å²) in [6.45, 7) is 12.5. The zero-order valence-corrected chi connectivity index (χ0v) is 12.5. The van der Waals surface area contributed by atoms with E-state index in [-0.39, 0.29) is 17.6 Å². The van der Waals surface area contributed by atoms with Crippen LogP contribution < -0.4 is 5.69 Å². The topological polar surface area (TPSA) is 49.0 Å². The quantitative estimate of drug-likeness (QED) is 0.810. The Kier molecular flexibility index (Phi) is 4.37. The molecule has 0 aromatic carbocycles. The first-order valence-electron chi connectivity index (χ1n) is 6.44. The number of hydrogen-bond acceptors (Lipinski definition) is 3. The predicted octanol–water partition coefficient (Wildman–Crippen LogP) is 2.17. The van der Waals surface area contributed by atoms with Crippen molar-refractivity contribution in [2.24, 2.45) is 0 Å². The van der Waals surface area contributed by atoms with Crippen LogP contribution in [0.2, 0.25) is 0 Å². The van der Waals surface area contributed by atoms with E-state index < -0.39 is 5.60 Å². The molecule has 1 heterocycles. The second kappa shape index (κ2) is 5.26. The molecule has 1 rings (SSSR count). The Hall–Kier alpha value is -1.10. The van der Waals surface area contributed by atoms with Crippen LogP contribution in [0.4, 0.5) is 0 Å². The standard InChI is InChI=1S/C13H25N3O2/c1-9(2)11-14-15(8-13(5,6)18-7)12(17)16(11)10(3)4/h9-10H,8H2,1-7H3. The van der Waals surface area contributed by atoms with Crippen LogP contribution in [0.3, 0.4) is 0 Å². The summed E-state index contributed by atoms with van der Waals surface area (Å²) in [7, 11) is 1.65. The lowest BCUT2D eigenvalue weighted by Gasteiger charge is -2.21. The first-order chi connectivity index (χ1) is 8.19. The van der Waals surface area contributed by atoms with Gasteiger partial charge in [-0.05, 0) is 27.7 Å². The van der Waals surface area contributed by atoms with Gasteiger partial charge in [0, 0.05) is 19.1 Å². The molecule has 0 amide bonds. The summed E-state index contributed by atoms with van der Waals surface area (Å²) >= 11 is 0. The molecule has 104 valence electrons. The Bertz CT molecular complexity index is 455. The molecule has 0 aliphatic heterocycles. The molecule has 0 aliphatic rings. The summed E-state index contributed by atoms with van der Waals surface area (Å²) in [5.41, 5.74) is -0.451. The summed E-state index contributed by atoms with van der Waals surface area (Å²) in [6.07, 6.45) is 0. The summed E-state index contributed by atoms with van der Waals surface area (Å²) in [6, 6.07) is 0.120. The van der Waals surface area contributed by atoms with Gasteiger partial charge in [0.25, 0.3) is 0 Å². The number of nitrogens with zero attached hydrogens (tertiary/aromatic N) is 3. The van der Waals surface area contributed by atoms with Gasteiger partial charge in [-0.3, -0.25) is 4.57 Å². The van der Waals surface area contributed by atoms with Crippen LogP contribution in [-0.4, -0.2) is 27.1 Å². The third-order valence-corrected chi connectivity index (χ3v) is 3.01. The molecule has 18 heavy (non-hydrogen) atoms. The number of aromatic nitrogens is 3. The van der Waals surface area contributed by atoms with Crippen molar-refractivity contribution in [2.45, 2.75) is 65.6 Å². The molecule has 0 saturated heterocycles. The van der Waals surface area contributed by atoms with E-state index in [9.17, 15) is 4.79 Å². The van der Waals surface area contributed by atoms with Crippen LogP contribution in [0.25, 0.3) is 0 Å². The van der Waals surface area contributed by atoms with E-state index in [2.05, 4.69) is 5.10 Å². The minimum atomic E-state index is -0.395. The monoisotopic (exact) mass is 255 g/mol. The van der Waals surface area contributed by atoms with Gasteiger partial charge >= 0.3 is 5.69 Å². The molecule has 0 N–H and O–H groups in total. The molecule has 0 aliphatic carbocycles. The summed E-state index contributed by atoms with van der Waals surface area (Å²) < 4.78 is 8.63. The van der Waals surface area contributed by atoms with E-state index >= 15 is 0 Å². The fourth-order valence-corrected chi connectivity index (χ4v) is 1.84. The molecule has 5 nitrogen and oxygen atoms in total. The average molecular weight is 255 g/mol. The molecule has 0 bridgehead atoms. The maximum Gasteiger partial charge on any atom is 0.346 e. The number of rotatable bonds is 5. The molecular formula is C13H25N3O2. The van der Waals surface area contributed by atoms with Gasteiger partial charge in [0.2, 0.25) is 0 Å². The van der Waals surface area contributed by atoms with Crippen molar-refractivity contribution >= 4 is 0 Å². The fourth-order valence-electron chi connectivity index (χ4n) is 1.84. The number of ether oxygens (including phenoxy) is 1. The average Bonchev–Trinajstić information content (AvgIpc) is 2.56. The van der Waals surface area contributed by atoms with E-state index in [0.29, 0.717) is 6.54 Å². The normalized spacial score (nSPS) is 12.7. The highest BCUT2D eigenvalue weighted by Crippen LogP contribution is 2.16. The fraction of sp³-hybridized carbons (Fsp3) is 0.846. The van der Waals surface area contributed by atoms with Gasteiger partial charge in [-0.1, -0.05) is 13.8 Å². The smallest absolute Gasteiger partial charge is 0.346 e. The molecule has 1 aromatic heterocycles. The Morgan fingerprint density at radius 3 is 2.17 bits per heavy atom. The first-order valence-corrected chi connectivity index (χ1v) is 6.44. The van der Waals surface area contributed by atoms with Gasteiger partial charge in [-0.2, -0.15) is 5.10 Å². The van der Waals surface area contributed by atoms with Gasteiger partial charge in [0.1, 0.15) is 5.82 Å². The van der Waals surface area contributed by atoms with Crippen LogP contribution in [-0.2, 0) is 11.3 Å². The Morgan fingerprint density at radius 2 is 1.83 bits per heavy atom. The van der Waals surface area contributed by atoms with Crippen molar-refractivity contribution < 1.29 is 4.74 Å². The minimum absolute atomic E-state index is 0.0566. The van der Waals surface area contributed by atoms with Crippen molar-refractivity contribution in [3.8, 4) is 0 Å². The maximum atomic E-state index is 12.3. The SMILES string of the molecule is COC(C)(C)Cn1nc(C(C)C)n(C(C)C)c1=O. The lowest BCUT2D eigenvalue weighted by molar-refractivity contribution is 0.00434. The molecule has 0 atom stereocenters. The van der Waals surface area contributed by atoms with E-state index in [1.807, 2.05) is 41.5 Å². The highest BCUT2D eigenvalue weighted by Gasteiger charge is 2.23. The first kappa shape index (κ1) is 15.0. The largest absolute Gasteiger partial charge is 0.377 e. The molecule has 5 heteroatoms. The maximum absolute atomic E-state index is 12.3. The van der Waals surface area contributed by atoms with E-state index in [4.69, 9.17) is 4.74 Å². The number of hydrogen-bond donors (Lipinski definition) is 0. The molecule has 0 radical (unpaired) electrons. The molecule has 0 fully saturated rings. The highest BCUT2D eigenvalue weighted by atomic mass is 16.5. The van der Waals surface area contributed by atoms with Gasteiger partial charge in [-0.15, -0.1) is 0 Å². The Balaban J connectivity index is 3.24. The molecule has 1 aromatic rings. The van der Waals surface area contributed by atoms with Crippen LogP contribution in [0.15, 0.2) is 4.79 Å². The predicted molar refractivity (Wildman–Crippen MR) is 72.0 cm³/mol. The van der Waals surface area contributed by atoms with E-state index in [1.54, 1.807) is 11.7 Å². The number of methoxy groups -OCH3 is 1. The van der Waals surface area contributed by atoms with Gasteiger partial charge < -0.3 is 4.74 Å². The summed E-state index contributed by atoms with van der Waals surface area (Å²) in [4.78, 5) is 12.3. The van der Waals surface area contributed by atoms with Crippen molar-refractivity contribution in [2.75, 3.05) is 7.11 Å². The van der Waals surface area contributed by atoms with E-state index in [1.165, 1.54) is 4.68 Å². The van der Waals surface area contributed by atoms with Gasteiger partial charge in [-0.25, -0.2) is 9.48 Å². The summed E-state index contributed by atoms with van der Waals surface area (Å²) in [5.74, 6) is 1.06. The second-order valence-corrected chi connectivity index (χ2v) is 5.88. The van der Waals surface area contributed by atoms with Crippen LogP contribution in [0.5, 0.6) is 0 Å². The third-order valence-electron chi connectivity index (χ3n) is 3.01. The van der Waals surface area contributed by atoms with Crippen molar-refractivity contribution in [3.05, 3.63) is 16.3 Å². The minimum Gasteiger partial charge on any atom is -0.377 e. The zero-order valence-electron chi connectivity index (χ0n) is 12.5. The van der Waals surface area contributed by atoms with Crippen LogP contribution >= 0.6 is 0 Å².